The van der Waals surface area contributed by atoms with Gasteiger partial charge in [-0.25, -0.2) is 4.79 Å². The zero-order valence-corrected chi connectivity index (χ0v) is 12.8. The number of piperidine rings is 1. The number of carbonyl (C=O) groups excluding carboxylic acids is 1. The van der Waals surface area contributed by atoms with E-state index in [9.17, 15) is 4.79 Å². The lowest BCUT2D eigenvalue weighted by molar-refractivity contribution is 0.00996. The Kier molecular flexibility index (Phi) is 4.39. The highest BCUT2D eigenvalue weighted by Crippen LogP contribution is 2.28. The van der Waals surface area contributed by atoms with Gasteiger partial charge in [-0.2, -0.15) is 0 Å². The Morgan fingerprint density at radius 3 is 2.05 bits per heavy atom. The normalized spacial score (nSPS) is 22.5. The number of hydrogen-bond donors (Lipinski definition) is 0. The standard InChI is InChI=1S/C15H28N2O2/c1-15(2,3)19-14(18)17-10-8-13(9-11-17)16(4)12-6-5-7-12/h12-13H,5-11H2,1-4H3. The molecule has 0 atom stereocenters. The van der Waals surface area contributed by atoms with Crippen molar-refractivity contribution in [3.05, 3.63) is 0 Å². The van der Waals surface area contributed by atoms with E-state index in [1.165, 1.54) is 19.3 Å². The van der Waals surface area contributed by atoms with Crippen LogP contribution in [0.25, 0.3) is 0 Å². The summed E-state index contributed by atoms with van der Waals surface area (Å²) in [6, 6.07) is 1.43. The average molecular weight is 268 g/mol. The minimum absolute atomic E-state index is 0.155. The summed E-state index contributed by atoms with van der Waals surface area (Å²) in [6.07, 6.45) is 6.08. The van der Waals surface area contributed by atoms with Crippen molar-refractivity contribution in [1.29, 1.82) is 0 Å². The molecule has 1 aliphatic carbocycles. The molecule has 0 aromatic rings. The van der Waals surface area contributed by atoms with Crippen molar-refractivity contribution in [3.8, 4) is 0 Å². The summed E-state index contributed by atoms with van der Waals surface area (Å²) in [4.78, 5) is 16.4. The molecular formula is C15H28N2O2. The van der Waals surface area contributed by atoms with Crippen molar-refractivity contribution in [3.63, 3.8) is 0 Å². The fraction of sp³-hybridized carbons (Fsp3) is 0.933. The van der Waals surface area contributed by atoms with Gasteiger partial charge in [0.05, 0.1) is 0 Å². The molecular weight excluding hydrogens is 240 g/mol. The minimum atomic E-state index is -0.392. The summed E-state index contributed by atoms with van der Waals surface area (Å²) < 4.78 is 5.43. The van der Waals surface area contributed by atoms with E-state index in [1.807, 2.05) is 25.7 Å². The van der Waals surface area contributed by atoms with Crippen molar-refractivity contribution >= 4 is 6.09 Å². The van der Waals surface area contributed by atoms with Crippen molar-refractivity contribution < 1.29 is 9.53 Å². The fourth-order valence-corrected chi connectivity index (χ4v) is 2.87. The molecule has 0 bridgehead atoms. The second kappa shape index (κ2) is 5.70. The molecule has 19 heavy (non-hydrogen) atoms. The van der Waals surface area contributed by atoms with Crippen LogP contribution in [0, 0.1) is 0 Å². The predicted octanol–water partition coefficient (Wildman–Crippen LogP) is 2.87. The number of hydrogen-bond acceptors (Lipinski definition) is 3. The van der Waals surface area contributed by atoms with Crippen LogP contribution in [-0.4, -0.2) is 53.7 Å². The molecule has 1 aliphatic heterocycles. The van der Waals surface area contributed by atoms with Crippen LogP contribution in [0.15, 0.2) is 0 Å². The largest absolute Gasteiger partial charge is 0.444 e. The third-order valence-electron chi connectivity index (χ3n) is 4.34. The second-order valence-corrected chi connectivity index (χ2v) is 6.95. The van der Waals surface area contributed by atoms with E-state index in [0.29, 0.717) is 6.04 Å². The molecule has 0 radical (unpaired) electrons. The third-order valence-corrected chi connectivity index (χ3v) is 4.34. The van der Waals surface area contributed by atoms with Crippen LogP contribution in [0.2, 0.25) is 0 Å². The van der Waals surface area contributed by atoms with Crippen LogP contribution in [0.1, 0.15) is 52.9 Å². The lowest BCUT2D eigenvalue weighted by Gasteiger charge is -2.43. The first-order valence-corrected chi connectivity index (χ1v) is 7.57. The van der Waals surface area contributed by atoms with E-state index in [-0.39, 0.29) is 6.09 Å². The lowest BCUT2D eigenvalue weighted by atomic mass is 9.89. The number of nitrogens with zero attached hydrogens (tertiary/aromatic N) is 2. The van der Waals surface area contributed by atoms with Gasteiger partial charge in [0, 0.05) is 25.2 Å². The van der Waals surface area contributed by atoms with Crippen molar-refractivity contribution in [2.75, 3.05) is 20.1 Å². The molecule has 4 nitrogen and oxygen atoms in total. The van der Waals surface area contributed by atoms with Crippen LogP contribution < -0.4 is 0 Å². The molecule has 2 rings (SSSR count). The monoisotopic (exact) mass is 268 g/mol. The van der Waals surface area contributed by atoms with Crippen molar-refractivity contribution in [1.82, 2.24) is 9.80 Å². The number of rotatable bonds is 2. The van der Waals surface area contributed by atoms with Gasteiger partial charge in [-0.05, 0) is 53.5 Å². The Labute approximate surface area is 117 Å². The van der Waals surface area contributed by atoms with E-state index < -0.39 is 5.60 Å². The van der Waals surface area contributed by atoms with Crippen molar-refractivity contribution in [2.45, 2.75) is 70.6 Å². The summed E-state index contributed by atoms with van der Waals surface area (Å²) in [5, 5.41) is 0. The Morgan fingerprint density at radius 2 is 1.63 bits per heavy atom. The quantitative estimate of drug-likeness (QED) is 0.772. The van der Waals surface area contributed by atoms with Gasteiger partial charge >= 0.3 is 6.09 Å². The first-order valence-electron chi connectivity index (χ1n) is 7.57. The second-order valence-electron chi connectivity index (χ2n) is 6.95. The molecule has 0 aromatic carbocycles. The summed E-state index contributed by atoms with van der Waals surface area (Å²) in [7, 11) is 2.25. The molecule has 1 saturated heterocycles. The first-order chi connectivity index (χ1) is 8.87. The Morgan fingerprint density at radius 1 is 1.11 bits per heavy atom. The highest BCUT2D eigenvalue weighted by molar-refractivity contribution is 5.68. The number of ether oxygens (including phenoxy) is 1. The molecule has 2 aliphatic rings. The molecule has 1 heterocycles. The Hall–Kier alpha value is -0.770. The van der Waals surface area contributed by atoms with E-state index in [4.69, 9.17) is 4.74 Å². The minimum Gasteiger partial charge on any atom is -0.444 e. The van der Waals surface area contributed by atoms with Crippen LogP contribution in [0.5, 0.6) is 0 Å². The van der Waals surface area contributed by atoms with Gasteiger partial charge < -0.3 is 14.5 Å². The number of carbonyl (C=O) groups is 1. The van der Waals surface area contributed by atoms with Crippen LogP contribution in [0.3, 0.4) is 0 Å². The van der Waals surface area contributed by atoms with Gasteiger partial charge in [0.25, 0.3) is 0 Å². The molecule has 1 saturated carbocycles. The number of amides is 1. The molecule has 4 heteroatoms. The molecule has 1 amide bonds. The number of likely N-dealkylation sites (tertiary alicyclic amines) is 1. The Balaban J connectivity index is 1.77. The van der Waals surface area contributed by atoms with E-state index in [0.717, 1.165) is 32.0 Å². The Bertz CT molecular complexity index is 313. The maximum absolute atomic E-state index is 12.0. The highest BCUT2D eigenvalue weighted by Gasteiger charge is 2.32. The van der Waals surface area contributed by atoms with E-state index in [1.54, 1.807) is 0 Å². The smallest absolute Gasteiger partial charge is 0.410 e. The van der Waals surface area contributed by atoms with Gasteiger partial charge in [-0.1, -0.05) is 6.42 Å². The topological polar surface area (TPSA) is 32.8 Å². The molecule has 0 unspecified atom stereocenters. The lowest BCUT2D eigenvalue weighted by Crippen LogP contribution is -2.50. The summed E-state index contributed by atoms with van der Waals surface area (Å²) in [5.41, 5.74) is -0.392. The third kappa shape index (κ3) is 3.85. The van der Waals surface area contributed by atoms with Crippen LogP contribution >= 0.6 is 0 Å². The van der Waals surface area contributed by atoms with Gasteiger partial charge in [-0.3, -0.25) is 0 Å². The average Bonchev–Trinajstić information content (AvgIpc) is 2.24. The van der Waals surface area contributed by atoms with Crippen LogP contribution in [-0.2, 0) is 4.74 Å². The maximum atomic E-state index is 12.0. The van der Waals surface area contributed by atoms with Crippen LogP contribution in [0.4, 0.5) is 4.79 Å². The molecule has 0 N–H and O–H groups in total. The molecule has 2 fully saturated rings. The van der Waals surface area contributed by atoms with Crippen molar-refractivity contribution in [2.24, 2.45) is 0 Å². The highest BCUT2D eigenvalue weighted by atomic mass is 16.6. The van der Waals surface area contributed by atoms with Gasteiger partial charge in [0.1, 0.15) is 5.60 Å². The summed E-state index contributed by atoms with van der Waals surface area (Å²) in [6.45, 7) is 7.42. The van der Waals surface area contributed by atoms with E-state index >= 15 is 0 Å². The zero-order chi connectivity index (χ0) is 14.0. The fourth-order valence-electron chi connectivity index (χ4n) is 2.87. The zero-order valence-electron chi connectivity index (χ0n) is 12.8. The molecule has 0 spiro atoms. The predicted molar refractivity (Wildman–Crippen MR) is 76.2 cm³/mol. The first kappa shape index (κ1) is 14.6. The maximum Gasteiger partial charge on any atom is 0.410 e. The SMILES string of the molecule is CN(C1CCC1)C1CCN(C(=O)OC(C)(C)C)CC1. The van der Waals surface area contributed by atoms with Gasteiger partial charge in [0.2, 0.25) is 0 Å². The van der Waals surface area contributed by atoms with E-state index in [2.05, 4.69) is 11.9 Å². The van der Waals surface area contributed by atoms with Gasteiger partial charge in [-0.15, -0.1) is 0 Å². The summed E-state index contributed by atoms with van der Waals surface area (Å²) in [5.74, 6) is 0. The molecule has 110 valence electrons. The summed E-state index contributed by atoms with van der Waals surface area (Å²) >= 11 is 0. The van der Waals surface area contributed by atoms with Gasteiger partial charge in [0.15, 0.2) is 0 Å². The molecule has 0 aromatic heterocycles.